The van der Waals surface area contributed by atoms with Crippen LogP contribution in [0, 0.1) is 0 Å². The van der Waals surface area contributed by atoms with E-state index in [1.54, 1.807) is 0 Å². The number of nitrogens with one attached hydrogen (secondary N) is 1. The average Bonchev–Trinajstić information content (AvgIpc) is 2.78. The van der Waals surface area contributed by atoms with E-state index in [1.807, 2.05) is 19.9 Å². The fourth-order valence-corrected chi connectivity index (χ4v) is 6.42. The lowest BCUT2D eigenvalue weighted by atomic mass is 9.84. The van der Waals surface area contributed by atoms with Crippen molar-refractivity contribution in [3.05, 3.63) is 28.8 Å². The fourth-order valence-electron chi connectivity index (χ4n) is 5.04. The topological polar surface area (TPSA) is 110 Å². The van der Waals surface area contributed by atoms with E-state index in [0.717, 1.165) is 63.9 Å². The number of piperazine rings is 1. The predicted molar refractivity (Wildman–Crippen MR) is 137 cm³/mol. The van der Waals surface area contributed by atoms with Gasteiger partial charge in [0.05, 0.1) is 0 Å². The number of unbranched alkanes of at least 4 members (excludes halogenated alkanes) is 2. The number of nitrogens with zero attached hydrogens (tertiary/aromatic N) is 2. The number of rotatable bonds is 10. The molecule has 1 aliphatic heterocycles. The maximum atomic E-state index is 13.4. The summed E-state index contributed by atoms with van der Waals surface area (Å²) < 4.78 is 29.0. The van der Waals surface area contributed by atoms with Gasteiger partial charge in [-0.2, -0.15) is 0 Å². The number of phenols is 2. The molecule has 1 saturated heterocycles. The molecule has 196 valence electrons. The second-order valence-electron chi connectivity index (χ2n) is 10.0. The molecule has 1 amide bonds. The summed E-state index contributed by atoms with van der Waals surface area (Å²) in [5.41, 5.74) is 1.72. The van der Waals surface area contributed by atoms with Crippen molar-refractivity contribution in [3.8, 4) is 11.5 Å². The van der Waals surface area contributed by atoms with Crippen LogP contribution in [0.5, 0.6) is 11.5 Å². The van der Waals surface area contributed by atoms with Crippen LogP contribution < -0.4 is 4.72 Å². The Labute approximate surface area is 210 Å². The van der Waals surface area contributed by atoms with E-state index in [9.17, 15) is 23.4 Å². The quantitative estimate of drug-likeness (QED) is 0.328. The molecule has 0 spiro atoms. The number of hydrogen-bond acceptors (Lipinski definition) is 7. The number of allylic oxidation sites excluding steroid dienone is 2. The zero-order valence-electron chi connectivity index (χ0n) is 21.3. The van der Waals surface area contributed by atoms with Crippen LogP contribution in [-0.2, 0) is 21.2 Å². The first-order valence-corrected chi connectivity index (χ1v) is 14.3. The minimum absolute atomic E-state index is 0.0599. The molecule has 1 unspecified atom stereocenters. The summed E-state index contributed by atoms with van der Waals surface area (Å²) in [4.78, 5) is 16.7. The zero-order valence-corrected chi connectivity index (χ0v) is 22.2. The average molecular weight is 508 g/mol. The molecule has 2 aliphatic rings. The first-order chi connectivity index (χ1) is 16.6. The number of likely N-dealkylation sites (N-methyl/N-ethyl adjacent to an activating group) is 1. The Morgan fingerprint density at radius 1 is 1.17 bits per heavy atom. The molecule has 1 aromatic rings. The fraction of sp³-hybridized carbons (Fsp3) is 0.654. The Hall–Kier alpha value is -2.10. The van der Waals surface area contributed by atoms with Crippen LogP contribution in [0.4, 0.5) is 0 Å². The standard InChI is InChI=1S/C26H41N3O5S/c1-4-5-6-9-21-18-22(30)24(20-10-7-8-19(2)17-20)25(32)26(21)35(33,34)27-23(31)11-12-29-15-13-28(3)14-16-29/h17-18,20,30,32H,4-16H2,1-3H3,(H,27,31). The van der Waals surface area contributed by atoms with Crippen LogP contribution in [0.3, 0.4) is 0 Å². The number of sulfonamides is 1. The molecule has 8 nitrogen and oxygen atoms in total. The van der Waals surface area contributed by atoms with E-state index < -0.39 is 21.7 Å². The molecule has 1 aromatic carbocycles. The number of aromatic hydroxyl groups is 2. The smallest absolute Gasteiger partial charge is 0.268 e. The van der Waals surface area contributed by atoms with Gasteiger partial charge in [0, 0.05) is 50.6 Å². The number of benzene rings is 1. The van der Waals surface area contributed by atoms with Gasteiger partial charge in [0.1, 0.15) is 16.4 Å². The Morgan fingerprint density at radius 2 is 1.89 bits per heavy atom. The van der Waals surface area contributed by atoms with Crippen molar-refractivity contribution in [2.45, 2.75) is 76.0 Å². The molecule has 9 heteroatoms. The van der Waals surface area contributed by atoms with Crippen LogP contribution in [-0.4, -0.2) is 74.1 Å². The van der Waals surface area contributed by atoms with Gasteiger partial charge in [-0.05, 0) is 57.7 Å². The molecule has 3 N–H and O–H groups in total. The largest absolute Gasteiger partial charge is 0.507 e. The summed E-state index contributed by atoms with van der Waals surface area (Å²) >= 11 is 0. The van der Waals surface area contributed by atoms with Gasteiger partial charge in [-0.1, -0.05) is 31.4 Å². The predicted octanol–water partition coefficient (Wildman–Crippen LogP) is 3.49. The summed E-state index contributed by atoms with van der Waals surface area (Å²) in [5.74, 6) is -1.39. The third kappa shape index (κ3) is 7.21. The van der Waals surface area contributed by atoms with Gasteiger partial charge in [0.2, 0.25) is 5.91 Å². The van der Waals surface area contributed by atoms with Crippen molar-refractivity contribution in [3.63, 3.8) is 0 Å². The summed E-state index contributed by atoms with van der Waals surface area (Å²) in [7, 11) is -2.27. The van der Waals surface area contributed by atoms with Crippen LogP contribution in [0.15, 0.2) is 22.6 Å². The van der Waals surface area contributed by atoms with E-state index in [4.69, 9.17) is 0 Å². The van der Waals surface area contributed by atoms with E-state index in [-0.39, 0.29) is 28.5 Å². The van der Waals surface area contributed by atoms with Crippen molar-refractivity contribution < 1.29 is 23.4 Å². The highest BCUT2D eigenvalue weighted by Crippen LogP contribution is 2.45. The van der Waals surface area contributed by atoms with E-state index in [2.05, 4.69) is 21.6 Å². The first-order valence-electron chi connectivity index (χ1n) is 12.8. The highest BCUT2D eigenvalue weighted by atomic mass is 32.2. The van der Waals surface area contributed by atoms with Gasteiger partial charge in [0.25, 0.3) is 10.0 Å². The Bertz CT molecular complexity index is 1030. The van der Waals surface area contributed by atoms with Crippen molar-refractivity contribution in [2.24, 2.45) is 0 Å². The lowest BCUT2D eigenvalue weighted by Crippen LogP contribution is -2.45. The zero-order chi connectivity index (χ0) is 25.6. The monoisotopic (exact) mass is 507 g/mol. The molecule has 0 saturated carbocycles. The van der Waals surface area contributed by atoms with Gasteiger partial charge < -0.3 is 20.0 Å². The molecular formula is C26H41N3O5S. The highest BCUT2D eigenvalue weighted by molar-refractivity contribution is 7.90. The van der Waals surface area contributed by atoms with E-state index >= 15 is 0 Å². The SMILES string of the molecule is CCCCCc1cc(O)c(C2C=C(C)CCC2)c(O)c1S(=O)(=O)NC(=O)CCN1CCN(C)CC1. The molecule has 0 aromatic heterocycles. The van der Waals surface area contributed by atoms with Crippen molar-refractivity contribution in [1.29, 1.82) is 0 Å². The van der Waals surface area contributed by atoms with E-state index in [1.165, 1.54) is 6.07 Å². The van der Waals surface area contributed by atoms with Gasteiger partial charge in [-0.25, -0.2) is 13.1 Å². The third-order valence-electron chi connectivity index (χ3n) is 7.11. The summed E-state index contributed by atoms with van der Waals surface area (Å²) in [6.45, 7) is 8.05. The molecule has 0 radical (unpaired) electrons. The third-order valence-corrected chi connectivity index (χ3v) is 8.60. The number of hydrogen-bond donors (Lipinski definition) is 3. The van der Waals surface area contributed by atoms with Crippen molar-refractivity contribution in [1.82, 2.24) is 14.5 Å². The highest BCUT2D eigenvalue weighted by Gasteiger charge is 2.31. The number of phenolic OH excluding ortho intramolecular Hbond substituents is 2. The lowest BCUT2D eigenvalue weighted by molar-refractivity contribution is -0.119. The number of aryl methyl sites for hydroxylation is 1. The molecular weight excluding hydrogens is 466 g/mol. The maximum absolute atomic E-state index is 13.4. The molecule has 1 atom stereocenters. The second-order valence-corrected chi connectivity index (χ2v) is 11.7. The molecule has 1 heterocycles. The minimum Gasteiger partial charge on any atom is -0.507 e. The van der Waals surface area contributed by atoms with Crippen LogP contribution >= 0.6 is 0 Å². The van der Waals surface area contributed by atoms with Gasteiger partial charge in [0.15, 0.2) is 0 Å². The van der Waals surface area contributed by atoms with E-state index in [0.29, 0.717) is 24.9 Å². The first kappa shape index (κ1) is 27.5. The number of carbonyl (C=O) groups is 1. The molecule has 0 bridgehead atoms. The van der Waals surface area contributed by atoms with Gasteiger partial charge in [-0.3, -0.25) is 4.79 Å². The normalized spacial score (nSPS) is 20.0. The number of amides is 1. The Balaban J connectivity index is 1.86. The van der Waals surface area contributed by atoms with Crippen LogP contribution in [0.2, 0.25) is 0 Å². The van der Waals surface area contributed by atoms with Crippen molar-refractivity contribution >= 4 is 15.9 Å². The number of carbonyl (C=O) groups excluding carboxylic acids is 1. The second kappa shape index (κ2) is 12.2. The Morgan fingerprint density at radius 3 is 2.54 bits per heavy atom. The summed E-state index contributed by atoms with van der Waals surface area (Å²) in [5, 5.41) is 22.0. The van der Waals surface area contributed by atoms with Crippen LogP contribution in [0.25, 0.3) is 0 Å². The summed E-state index contributed by atoms with van der Waals surface area (Å²) in [6.07, 6.45) is 7.56. The van der Waals surface area contributed by atoms with Crippen LogP contribution in [0.1, 0.15) is 75.8 Å². The van der Waals surface area contributed by atoms with Crippen molar-refractivity contribution in [2.75, 3.05) is 39.8 Å². The maximum Gasteiger partial charge on any atom is 0.268 e. The molecule has 3 rings (SSSR count). The molecule has 1 aliphatic carbocycles. The van der Waals surface area contributed by atoms with Gasteiger partial charge >= 0.3 is 0 Å². The minimum atomic E-state index is -4.32. The lowest BCUT2D eigenvalue weighted by Gasteiger charge is -2.32. The Kier molecular flexibility index (Phi) is 9.61. The summed E-state index contributed by atoms with van der Waals surface area (Å²) in [6, 6.07) is 1.46. The van der Waals surface area contributed by atoms with Gasteiger partial charge in [-0.15, -0.1) is 0 Å². The molecule has 1 fully saturated rings. The molecule has 35 heavy (non-hydrogen) atoms.